The summed E-state index contributed by atoms with van der Waals surface area (Å²) >= 11 is 0. The van der Waals surface area contributed by atoms with E-state index in [0.717, 1.165) is 32.8 Å². The molecule has 0 aliphatic carbocycles. The van der Waals surface area contributed by atoms with Gasteiger partial charge in [0, 0.05) is 26.2 Å². The Hall–Kier alpha value is -1.43. The van der Waals surface area contributed by atoms with Gasteiger partial charge in [0.05, 0.1) is 19.3 Å². The third-order valence-corrected chi connectivity index (χ3v) is 3.81. The van der Waals surface area contributed by atoms with Crippen molar-refractivity contribution < 1.29 is 14.3 Å². The van der Waals surface area contributed by atoms with Crippen LogP contribution in [0.2, 0.25) is 0 Å². The molecule has 0 N–H and O–H groups in total. The van der Waals surface area contributed by atoms with Gasteiger partial charge in [0.25, 0.3) is 0 Å². The summed E-state index contributed by atoms with van der Waals surface area (Å²) in [4.78, 5) is 16.3. The maximum atomic E-state index is 11.9. The van der Waals surface area contributed by atoms with Crippen LogP contribution in [0, 0.1) is 0 Å². The van der Waals surface area contributed by atoms with Crippen LogP contribution in [0.25, 0.3) is 0 Å². The highest BCUT2D eigenvalue weighted by Crippen LogP contribution is 2.12. The molecule has 1 aromatic carbocycles. The Bertz CT molecular complexity index is 513. The van der Waals surface area contributed by atoms with Crippen molar-refractivity contribution in [1.29, 1.82) is 0 Å². The molecule has 1 saturated heterocycles. The largest absolute Gasteiger partial charge is 0.459 e. The van der Waals surface area contributed by atoms with E-state index in [1.165, 1.54) is 5.56 Å². The predicted molar refractivity (Wildman–Crippen MR) is 94.8 cm³/mol. The van der Waals surface area contributed by atoms with Crippen LogP contribution in [0.4, 0.5) is 0 Å². The Morgan fingerprint density at radius 3 is 2.71 bits per heavy atom. The smallest absolute Gasteiger partial charge is 0.320 e. The number of ether oxygens (including phenoxy) is 2. The van der Waals surface area contributed by atoms with Gasteiger partial charge in [-0.25, -0.2) is 0 Å². The van der Waals surface area contributed by atoms with E-state index in [1.807, 2.05) is 38.8 Å². The van der Waals surface area contributed by atoms with Crippen molar-refractivity contribution in [2.75, 3.05) is 39.8 Å². The molecule has 1 aliphatic rings. The number of morpholine rings is 1. The summed E-state index contributed by atoms with van der Waals surface area (Å²) in [5.74, 6) is -0.193. The summed E-state index contributed by atoms with van der Waals surface area (Å²) in [6, 6.07) is 10.5. The zero-order valence-corrected chi connectivity index (χ0v) is 15.3. The van der Waals surface area contributed by atoms with Gasteiger partial charge in [-0.2, -0.15) is 0 Å². The van der Waals surface area contributed by atoms with E-state index in [-0.39, 0.29) is 18.6 Å². The lowest BCUT2D eigenvalue weighted by Gasteiger charge is -2.34. The van der Waals surface area contributed by atoms with E-state index in [0.29, 0.717) is 0 Å². The van der Waals surface area contributed by atoms with E-state index in [2.05, 4.69) is 29.2 Å². The number of nitrogens with zero attached hydrogens (tertiary/aromatic N) is 2. The maximum Gasteiger partial charge on any atom is 0.320 e. The van der Waals surface area contributed by atoms with E-state index in [4.69, 9.17) is 9.47 Å². The number of likely N-dealkylation sites (N-methyl/N-ethyl adjacent to an activating group) is 1. The van der Waals surface area contributed by atoms with Gasteiger partial charge in [-0.3, -0.25) is 14.6 Å². The summed E-state index contributed by atoms with van der Waals surface area (Å²) < 4.78 is 11.2. The summed E-state index contributed by atoms with van der Waals surface area (Å²) in [6.45, 7) is 10.2. The van der Waals surface area contributed by atoms with Crippen molar-refractivity contribution in [1.82, 2.24) is 9.80 Å². The minimum Gasteiger partial charge on any atom is -0.459 e. The number of carbonyl (C=O) groups excluding carboxylic acids is 1. The summed E-state index contributed by atoms with van der Waals surface area (Å²) in [5.41, 5.74) is 0.881. The molecule has 0 aromatic heterocycles. The third-order valence-electron chi connectivity index (χ3n) is 3.81. The lowest BCUT2D eigenvalue weighted by molar-refractivity contribution is -0.156. The fraction of sp³-hybridized carbons (Fsp3) is 0.632. The van der Waals surface area contributed by atoms with Crippen molar-refractivity contribution in [3.8, 4) is 0 Å². The van der Waals surface area contributed by atoms with Gasteiger partial charge >= 0.3 is 5.97 Å². The molecule has 24 heavy (non-hydrogen) atoms. The molecule has 134 valence electrons. The standard InChI is InChI=1S/C19H30N2O3/c1-19(2,3)24-18(22)15-20(4)13-17-14-21(10-11-23-17)12-16-8-6-5-7-9-16/h5-9,17H,10-15H2,1-4H3/t17-/m1/s1. The van der Waals surface area contributed by atoms with Crippen LogP contribution >= 0.6 is 0 Å². The van der Waals surface area contributed by atoms with Gasteiger partial charge in [0.15, 0.2) is 0 Å². The highest BCUT2D eigenvalue weighted by atomic mass is 16.6. The average Bonchev–Trinajstić information content (AvgIpc) is 2.46. The monoisotopic (exact) mass is 334 g/mol. The molecule has 0 radical (unpaired) electrons. The third kappa shape index (κ3) is 6.99. The van der Waals surface area contributed by atoms with Crippen molar-refractivity contribution in [3.05, 3.63) is 35.9 Å². The summed E-state index contributed by atoms with van der Waals surface area (Å²) in [7, 11) is 1.93. The molecule has 0 amide bonds. The lowest BCUT2D eigenvalue weighted by atomic mass is 10.2. The average molecular weight is 334 g/mol. The van der Waals surface area contributed by atoms with Gasteiger partial charge in [-0.1, -0.05) is 30.3 Å². The molecule has 5 nitrogen and oxygen atoms in total. The van der Waals surface area contributed by atoms with Crippen LogP contribution in [-0.4, -0.2) is 67.3 Å². The Balaban J connectivity index is 1.76. The molecule has 0 bridgehead atoms. The van der Waals surface area contributed by atoms with Gasteiger partial charge in [-0.05, 0) is 33.4 Å². The normalized spacial score (nSPS) is 19.5. The first-order chi connectivity index (χ1) is 11.3. The van der Waals surface area contributed by atoms with Crippen LogP contribution in [0.5, 0.6) is 0 Å². The SMILES string of the molecule is CN(CC(=O)OC(C)(C)C)C[C@@H]1CN(Cc2ccccc2)CCO1. The van der Waals surface area contributed by atoms with Crippen LogP contribution in [-0.2, 0) is 20.8 Å². The molecule has 1 atom stereocenters. The van der Waals surface area contributed by atoms with Crippen LogP contribution in [0.3, 0.4) is 0 Å². The maximum absolute atomic E-state index is 11.9. The predicted octanol–water partition coefficient (Wildman–Crippen LogP) is 2.16. The van der Waals surface area contributed by atoms with E-state index in [9.17, 15) is 4.79 Å². The van der Waals surface area contributed by atoms with Gasteiger partial charge in [0.1, 0.15) is 5.60 Å². The van der Waals surface area contributed by atoms with Gasteiger partial charge in [-0.15, -0.1) is 0 Å². The number of benzene rings is 1. The second kappa shape index (κ2) is 8.60. The summed E-state index contributed by atoms with van der Waals surface area (Å²) in [5, 5.41) is 0. The van der Waals surface area contributed by atoms with E-state index >= 15 is 0 Å². The van der Waals surface area contributed by atoms with Crippen molar-refractivity contribution >= 4 is 5.97 Å². The molecular weight excluding hydrogens is 304 g/mol. The molecular formula is C19H30N2O3. The van der Waals surface area contributed by atoms with E-state index in [1.54, 1.807) is 0 Å². The summed E-state index contributed by atoms with van der Waals surface area (Å²) in [6.07, 6.45) is 0.120. The second-order valence-electron chi connectivity index (χ2n) is 7.50. The molecule has 1 fully saturated rings. The highest BCUT2D eigenvalue weighted by molar-refractivity contribution is 5.72. The molecule has 2 rings (SSSR count). The quantitative estimate of drug-likeness (QED) is 0.746. The minimum absolute atomic E-state index is 0.120. The highest BCUT2D eigenvalue weighted by Gasteiger charge is 2.23. The molecule has 0 unspecified atom stereocenters. The topological polar surface area (TPSA) is 42.0 Å². The Morgan fingerprint density at radius 2 is 2.04 bits per heavy atom. The van der Waals surface area contributed by atoms with Gasteiger partial charge < -0.3 is 9.47 Å². The first-order valence-electron chi connectivity index (χ1n) is 8.60. The van der Waals surface area contributed by atoms with Gasteiger partial charge in [0.2, 0.25) is 0 Å². The Kier molecular flexibility index (Phi) is 6.78. The Labute approximate surface area is 145 Å². The Morgan fingerprint density at radius 1 is 1.33 bits per heavy atom. The molecule has 1 aliphatic heterocycles. The van der Waals surface area contributed by atoms with Crippen molar-refractivity contribution in [2.45, 2.75) is 39.0 Å². The number of hydrogen-bond acceptors (Lipinski definition) is 5. The van der Waals surface area contributed by atoms with Crippen LogP contribution in [0.15, 0.2) is 30.3 Å². The molecule has 5 heteroatoms. The second-order valence-corrected chi connectivity index (χ2v) is 7.50. The lowest BCUT2D eigenvalue weighted by Crippen LogP contribution is -2.47. The molecule has 0 saturated carbocycles. The first kappa shape index (κ1) is 18.9. The first-order valence-corrected chi connectivity index (χ1v) is 8.60. The molecule has 0 spiro atoms. The number of rotatable bonds is 6. The molecule has 1 heterocycles. The zero-order chi connectivity index (χ0) is 17.6. The van der Waals surface area contributed by atoms with Crippen molar-refractivity contribution in [2.24, 2.45) is 0 Å². The minimum atomic E-state index is -0.439. The number of esters is 1. The zero-order valence-electron chi connectivity index (χ0n) is 15.3. The van der Waals surface area contributed by atoms with Crippen LogP contribution < -0.4 is 0 Å². The molecule has 1 aromatic rings. The number of carbonyl (C=O) groups is 1. The van der Waals surface area contributed by atoms with Crippen molar-refractivity contribution in [3.63, 3.8) is 0 Å². The fourth-order valence-corrected chi connectivity index (χ4v) is 2.88. The number of hydrogen-bond donors (Lipinski definition) is 0. The van der Waals surface area contributed by atoms with E-state index < -0.39 is 5.60 Å². The fourth-order valence-electron chi connectivity index (χ4n) is 2.88. The van der Waals surface area contributed by atoms with Crippen LogP contribution in [0.1, 0.15) is 26.3 Å².